The molecule has 8 nitrogen and oxygen atoms in total. The van der Waals surface area contributed by atoms with Gasteiger partial charge in [-0.3, -0.25) is 14.6 Å². The highest BCUT2D eigenvalue weighted by Gasteiger charge is 2.19. The molecular formula is C28H23N3O5. The molecular weight excluding hydrogens is 458 g/mol. The van der Waals surface area contributed by atoms with Crippen molar-refractivity contribution in [2.75, 3.05) is 24.4 Å². The summed E-state index contributed by atoms with van der Waals surface area (Å²) in [4.78, 5) is 43.8. The van der Waals surface area contributed by atoms with Crippen LogP contribution in [0, 0.1) is 0 Å². The fourth-order valence-electron chi connectivity index (χ4n) is 3.60. The number of nitrogens with zero attached hydrogens (tertiary/aromatic N) is 2. The summed E-state index contributed by atoms with van der Waals surface area (Å²) in [5.74, 6) is -1.72. The highest BCUT2D eigenvalue weighted by molar-refractivity contribution is 6.11. The number of ether oxygens (including phenoxy) is 1. The van der Waals surface area contributed by atoms with Crippen LogP contribution in [0.2, 0.25) is 0 Å². The van der Waals surface area contributed by atoms with E-state index in [1.807, 2.05) is 42.3 Å². The topological polar surface area (TPSA) is 109 Å². The fraction of sp³-hybridized carbons (Fsp3) is 0.0714. The Morgan fingerprint density at radius 2 is 1.64 bits per heavy atom. The van der Waals surface area contributed by atoms with Gasteiger partial charge in [0.1, 0.15) is 11.4 Å². The van der Waals surface area contributed by atoms with Crippen molar-refractivity contribution >= 4 is 34.7 Å². The van der Waals surface area contributed by atoms with E-state index in [9.17, 15) is 19.5 Å². The molecule has 0 aliphatic heterocycles. The number of aromatic nitrogens is 1. The van der Waals surface area contributed by atoms with Gasteiger partial charge in [0.15, 0.2) is 0 Å². The Hall–Kier alpha value is -4.98. The molecule has 0 fully saturated rings. The first-order chi connectivity index (χ1) is 17.4. The molecule has 0 atom stereocenters. The molecule has 0 bridgehead atoms. The number of ketones is 1. The van der Waals surface area contributed by atoms with Gasteiger partial charge in [0.25, 0.3) is 5.91 Å². The number of carboxylic acids is 1. The second kappa shape index (κ2) is 10.5. The van der Waals surface area contributed by atoms with E-state index < -0.39 is 17.7 Å². The molecule has 36 heavy (non-hydrogen) atoms. The van der Waals surface area contributed by atoms with Crippen LogP contribution < -0.4 is 15.0 Å². The zero-order valence-electron chi connectivity index (χ0n) is 19.6. The third-order valence-electron chi connectivity index (χ3n) is 5.60. The molecule has 2 N–H and O–H groups in total. The van der Waals surface area contributed by atoms with E-state index in [2.05, 4.69) is 10.3 Å². The normalized spacial score (nSPS) is 10.4. The first-order valence-corrected chi connectivity index (χ1v) is 11.0. The molecule has 4 aromatic rings. The minimum absolute atomic E-state index is 0.0691. The Labute approximate surface area is 207 Å². The largest absolute Gasteiger partial charge is 0.497 e. The first kappa shape index (κ1) is 24.2. The van der Waals surface area contributed by atoms with Crippen LogP contribution in [-0.4, -0.2) is 41.9 Å². The molecule has 0 radical (unpaired) electrons. The van der Waals surface area contributed by atoms with Crippen molar-refractivity contribution in [2.45, 2.75) is 0 Å². The van der Waals surface area contributed by atoms with Crippen LogP contribution in [0.5, 0.6) is 5.75 Å². The number of para-hydroxylation sites is 1. The van der Waals surface area contributed by atoms with Crippen molar-refractivity contribution < 1.29 is 24.2 Å². The molecule has 0 spiro atoms. The average Bonchev–Trinajstić information content (AvgIpc) is 2.93. The van der Waals surface area contributed by atoms with Crippen LogP contribution in [0.3, 0.4) is 0 Å². The van der Waals surface area contributed by atoms with Gasteiger partial charge in [-0.15, -0.1) is 0 Å². The van der Waals surface area contributed by atoms with Gasteiger partial charge in [0.2, 0.25) is 5.78 Å². The minimum atomic E-state index is -1.28. The Morgan fingerprint density at radius 1 is 0.861 bits per heavy atom. The summed E-state index contributed by atoms with van der Waals surface area (Å²) in [5, 5.41) is 12.3. The quantitative estimate of drug-likeness (QED) is 0.339. The average molecular weight is 482 g/mol. The van der Waals surface area contributed by atoms with Gasteiger partial charge >= 0.3 is 5.97 Å². The second-order valence-electron chi connectivity index (χ2n) is 7.88. The number of hydrogen-bond donors (Lipinski definition) is 2. The Bertz CT molecular complexity index is 1420. The number of anilines is 3. The SMILES string of the molecule is COc1cccc(C(=O)Nc2ccc(C(=O)c3ccc(N(C)c4ccccc4)cn3)cc2C(=O)O)c1. The molecule has 0 aliphatic carbocycles. The van der Waals surface area contributed by atoms with Crippen molar-refractivity contribution in [1.82, 2.24) is 4.98 Å². The molecule has 4 rings (SSSR count). The molecule has 1 aromatic heterocycles. The zero-order chi connectivity index (χ0) is 25.7. The van der Waals surface area contributed by atoms with E-state index in [0.717, 1.165) is 11.4 Å². The summed E-state index contributed by atoms with van der Waals surface area (Å²) in [6.45, 7) is 0. The number of rotatable bonds is 8. The van der Waals surface area contributed by atoms with Crippen LogP contribution >= 0.6 is 0 Å². The van der Waals surface area contributed by atoms with E-state index in [-0.39, 0.29) is 22.5 Å². The lowest BCUT2D eigenvalue weighted by Gasteiger charge is -2.19. The van der Waals surface area contributed by atoms with Crippen LogP contribution in [0.15, 0.2) is 91.1 Å². The smallest absolute Gasteiger partial charge is 0.337 e. The third-order valence-corrected chi connectivity index (χ3v) is 5.60. The molecule has 0 saturated heterocycles. The lowest BCUT2D eigenvalue weighted by atomic mass is 10.0. The van der Waals surface area contributed by atoms with Gasteiger partial charge in [0, 0.05) is 23.9 Å². The van der Waals surface area contributed by atoms with Gasteiger partial charge in [-0.25, -0.2) is 4.79 Å². The van der Waals surface area contributed by atoms with Crippen LogP contribution in [0.4, 0.5) is 17.1 Å². The van der Waals surface area contributed by atoms with E-state index in [0.29, 0.717) is 11.3 Å². The number of amides is 1. The Kier molecular flexibility index (Phi) is 7.06. The monoisotopic (exact) mass is 481 g/mol. The number of nitrogens with one attached hydrogen (secondary N) is 1. The molecule has 1 amide bonds. The Morgan fingerprint density at radius 3 is 2.31 bits per heavy atom. The highest BCUT2D eigenvalue weighted by atomic mass is 16.5. The summed E-state index contributed by atoms with van der Waals surface area (Å²) < 4.78 is 5.12. The molecule has 180 valence electrons. The van der Waals surface area contributed by atoms with Crippen molar-refractivity contribution in [3.05, 3.63) is 114 Å². The van der Waals surface area contributed by atoms with Gasteiger partial charge in [0.05, 0.1) is 30.2 Å². The van der Waals surface area contributed by atoms with Crippen molar-refractivity contribution in [2.24, 2.45) is 0 Å². The Balaban J connectivity index is 1.55. The van der Waals surface area contributed by atoms with Gasteiger partial charge < -0.3 is 20.1 Å². The van der Waals surface area contributed by atoms with Crippen LogP contribution in [-0.2, 0) is 0 Å². The number of pyridine rings is 1. The number of carbonyl (C=O) groups is 3. The maximum atomic E-state index is 13.0. The number of hydrogen-bond acceptors (Lipinski definition) is 6. The van der Waals surface area contributed by atoms with Crippen molar-refractivity contribution in [3.63, 3.8) is 0 Å². The zero-order valence-corrected chi connectivity index (χ0v) is 19.6. The van der Waals surface area contributed by atoms with E-state index in [4.69, 9.17) is 4.74 Å². The number of carbonyl (C=O) groups excluding carboxylic acids is 2. The lowest BCUT2D eigenvalue weighted by molar-refractivity contribution is 0.0698. The van der Waals surface area contributed by atoms with Crippen LogP contribution in [0.25, 0.3) is 0 Å². The van der Waals surface area contributed by atoms with Crippen molar-refractivity contribution in [1.29, 1.82) is 0 Å². The summed E-state index contributed by atoms with van der Waals surface area (Å²) in [5.41, 5.74) is 2.23. The third kappa shape index (κ3) is 5.23. The molecule has 0 saturated carbocycles. The van der Waals surface area contributed by atoms with Crippen molar-refractivity contribution in [3.8, 4) is 5.75 Å². The van der Waals surface area contributed by atoms with E-state index >= 15 is 0 Å². The number of benzene rings is 3. The molecule has 1 heterocycles. The van der Waals surface area contributed by atoms with Crippen LogP contribution in [0.1, 0.15) is 36.8 Å². The highest BCUT2D eigenvalue weighted by Crippen LogP contribution is 2.24. The number of methoxy groups -OCH3 is 1. The molecule has 0 aliphatic rings. The summed E-state index contributed by atoms with van der Waals surface area (Å²) >= 11 is 0. The molecule has 8 heteroatoms. The van der Waals surface area contributed by atoms with Gasteiger partial charge in [-0.2, -0.15) is 0 Å². The lowest BCUT2D eigenvalue weighted by Crippen LogP contribution is -2.16. The number of aromatic carboxylic acids is 1. The predicted molar refractivity (Wildman–Crippen MR) is 137 cm³/mol. The van der Waals surface area contributed by atoms with E-state index in [1.165, 1.54) is 31.4 Å². The number of carboxylic acid groups (broad SMARTS) is 1. The maximum absolute atomic E-state index is 13.0. The van der Waals surface area contributed by atoms with Gasteiger partial charge in [-0.05, 0) is 60.7 Å². The standard InChI is InChI=1S/C28H23N3O5/c1-31(20-8-4-3-5-9-20)21-12-14-25(29-17-21)26(32)18-11-13-24(23(16-18)28(34)35)30-27(33)19-7-6-10-22(15-19)36-2/h3-17H,1-2H3,(H,30,33)(H,34,35). The van der Waals surface area contributed by atoms with E-state index in [1.54, 1.807) is 36.5 Å². The van der Waals surface area contributed by atoms with Gasteiger partial charge in [-0.1, -0.05) is 24.3 Å². The predicted octanol–water partition coefficient (Wildman–Crippen LogP) is 5.04. The molecule has 0 unspecified atom stereocenters. The first-order valence-electron chi connectivity index (χ1n) is 11.0. The second-order valence-corrected chi connectivity index (χ2v) is 7.88. The maximum Gasteiger partial charge on any atom is 0.337 e. The summed E-state index contributed by atoms with van der Waals surface area (Å²) in [7, 11) is 3.38. The fourth-order valence-corrected chi connectivity index (χ4v) is 3.60. The minimum Gasteiger partial charge on any atom is -0.497 e. The molecule has 3 aromatic carbocycles. The summed E-state index contributed by atoms with van der Waals surface area (Å²) in [6, 6.07) is 23.6. The summed E-state index contributed by atoms with van der Waals surface area (Å²) in [6.07, 6.45) is 1.58.